The number of hydrogen-bond acceptors (Lipinski definition) is 5. The van der Waals surface area contributed by atoms with Crippen LogP contribution in [0.15, 0.2) is 29.2 Å². The number of rotatable bonds is 5. The van der Waals surface area contributed by atoms with E-state index in [1.54, 1.807) is 23.1 Å². The molecule has 1 heterocycles. The number of hydrogen-bond donors (Lipinski definition) is 1. The molecule has 1 N–H and O–H groups in total. The van der Waals surface area contributed by atoms with E-state index in [-0.39, 0.29) is 0 Å². The number of nitrogens with zero attached hydrogens (tertiary/aromatic N) is 2. The maximum Gasteiger partial charge on any atom is 0.205 e. The Bertz CT molecular complexity index is 487. The van der Waals surface area contributed by atoms with Gasteiger partial charge in [-0.1, -0.05) is 35.1 Å². The molecule has 0 unspecified atom stereocenters. The summed E-state index contributed by atoms with van der Waals surface area (Å²) in [6.07, 6.45) is 0. The van der Waals surface area contributed by atoms with Gasteiger partial charge in [0.25, 0.3) is 0 Å². The third-order valence-corrected chi connectivity index (χ3v) is 4.57. The molecular formula is C11H12ClN3S2. The second-order valence-corrected chi connectivity index (χ2v) is 5.74. The molecular weight excluding hydrogens is 274 g/mol. The van der Waals surface area contributed by atoms with E-state index in [0.717, 1.165) is 32.4 Å². The Hall–Kier alpha value is -0.780. The molecule has 0 bridgehead atoms. The molecule has 0 amide bonds. The van der Waals surface area contributed by atoms with Gasteiger partial charge >= 0.3 is 0 Å². The second-order valence-electron chi connectivity index (χ2n) is 3.25. The van der Waals surface area contributed by atoms with Crippen molar-refractivity contribution in [3.8, 4) is 0 Å². The zero-order chi connectivity index (χ0) is 12.1. The largest absolute Gasteiger partial charge is 0.360 e. The van der Waals surface area contributed by atoms with Crippen molar-refractivity contribution in [2.24, 2.45) is 0 Å². The van der Waals surface area contributed by atoms with Crippen molar-refractivity contribution in [1.82, 2.24) is 10.2 Å². The Morgan fingerprint density at radius 3 is 2.94 bits per heavy atom. The number of anilines is 1. The first kappa shape index (κ1) is 12.7. The summed E-state index contributed by atoms with van der Waals surface area (Å²) in [6, 6.07) is 7.83. The minimum absolute atomic E-state index is 0.786. The van der Waals surface area contributed by atoms with Crippen molar-refractivity contribution in [2.45, 2.75) is 17.6 Å². The molecule has 3 nitrogen and oxygen atoms in total. The summed E-state index contributed by atoms with van der Waals surface area (Å²) < 4.78 is 0. The van der Waals surface area contributed by atoms with E-state index in [1.807, 2.05) is 31.2 Å². The minimum atomic E-state index is 0.786. The molecule has 0 saturated heterocycles. The molecule has 2 aromatic rings. The predicted octanol–water partition coefficient (Wildman–Crippen LogP) is 3.92. The number of benzene rings is 1. The lowest BCUT2D eigenvalue weighted by molar-refractivity contribution is 1.03. The van der Waals surface area contributed by atoms with Crippen LogP contribution >= 0.6 is 34.7 Å². The van der Waals surface area contributed by atoms with Crippen molar-refractivity contribution in [3.05, 3.63) is 34.3 Å². The summed E-state index contributed by atoms with van der Waals surface area (Å²) in [7, 11) is 0. The maximum absolute atomic E-state index is 6.08. The van der Waals surface area contributed by atoms with E-state index in [4.69, 9.17) is 11.6 Å². The monoisotopic (exact) mass is 285 g/mol. The maximum atomic E-state index is 6.08. The SMILES string of the molecule is CCNc1nnc(CSc2ccccc2Cl)s1. The van der Waals surface area contributed by atoms with Crippen molar-refractivity contribution >= 4 is 39.8 Å². The fourth-order valence-electron chi connectivity index (χ4n) is 1.24. The van der Waals surface area contributed by atoms with Crippen LogP contribution in [0.2, 0.25) is 5.02 Å². The van der Waals surface area contributed by atoms with E-state index in [9.17, 15) is 0 Å². The van der Waals surface area contributed by atoms with E-state index in [1.165, 1.54) is 0 Å². The summed E-state index contributed by atoms with van der Waals surface area (Å²) >= 11 is 9.34. The quantitative estimate of drug-likeness (QED) is 0.845. The van der Waals surface area contributed by atoms with E-state index in [0.29, 0.717) is 0 Å². The molecule has 0 saturated carbocycles. The van der Waals surface area contributed by atoms with Gasteiger partial charge in [-0.3, -0.25) is 0 Å². The predicted molar refractivity (Wildman–Crippen MR) is 75.1 cm³/mol. The van der Waals surface area contributed by atoms with E-state index < -0.39 is 0 Å². The van der Waals surface area contributed by atoms with Gasteiger partial charge in [0, 0.05) is 11.4 Å². The number of nitrogens with one attached hydrogen (secondary N) is 1. The number of thioether (sulfide) groups is 1. The zero-order valence-electron chi connectivity index (χ0n) is 9.31. The van der Waals surface area contributed by atoms with Crippen molar-refractivity contribution in [1.29, 1.82) is 0 Å². The molecule has 6 heteroatoms. The lowest BCUT2D eigenvalue weighted by atomic mass is 10.4. The summed E-state index contributed by atoms with van der Waals surface area (Å²) in [5.41, 5.74) is 0. The Labute approximate surface area is 114 Å². The Morgan fingerprint density at radius 1 is 1.35 bits per heavy atom. The van der Waals surface area contributed by atoms with Gasteiger partial charge < -0.3 is 5.32 Å². The Balaban J connectivity index is 1.95. The van der Waals surface area contributed by atoms with Crippen LogP contribution in [-0.4, -0.2) is 16.7 Å². The van der Waals surface area contributed by atoms with Crippen LogP contribution in [0.1, 0.15) is 11.9 Å². The summed E-state index contributed by atoms with van der Waals surface area (Å²) in [4.78, 5) is 1.08. The molecule has 1 aromatic carbocycles. The molecule has 0 atom stereocenters. The fraction of sp³-hybridized carbons (Fsp3) is 0.273. The number of aromatic nitrogens is 2. The van der Waals surface area contributed by atoms with Gasteiger partial charge in [0.05, 0.1) is 10.8 Å². The van der Waals surface area contributed by atoms with Crippen LogP contribution in [0, 0.1) is 0 Å². The van der Waals surface area contributed by atoms with Gasteiger partial charge in [0.15, 0.2) is 0 Å². The van der Waals surface area contributed by atoms with Gasteiger partial charge in [-0.15, -0.1) is 22.0 Å². The highest BCUT2D eigenvalue weighted by Crippen LogP contribution is 2.30. The van der Waals surface area contributed by atoms with Crippen LogP contribution in [0.3, 0.4) is 0 Å². The molecule has 0 aliphatic carbocycles. The highest BCUT2D eigenvalue weighted by Gasteiger charge is 2.05. The van der Waals surface area contributed by atoms with Gasteiger partial charge in [0.2, 0.25) is 5.13 Å². The Kier molecular flexibility index (Phi) is 4.65. The standard InChI is InChI=1S/C11H12ClN3S2/c1-2-13-11-15-14-10(17-11)7-16-9-6-4-3-5-8(9)12/h3-6H,2,7H2,1H3,(H,13,15). The fourth-order valence-corrected chi connectivity index (χ4v) is 3.27. The van der Waals surface area contributed by atoms with Crippen LogP contribution in [0.25, 0.3) is 0 Å². The molecule has 0 radical (unpaired) electrons. The molecule has 0 aliphatic heterocycles. The zero-order valence-corrected chi connectivity index (χ0v) is 11.7. The first-order chi connectivity index (χ1) is 8.29. The smallest absolute Gasteiger partial charge is 0.205 e. The topological polar surface area (TPSA) is 37.8 Å². The normalized spacial score (nSPS) is 10.5. The molecule has 17 heavy (non-hydrogen) atoms. The van der Waals surface area contributed by atoms with Gasteiger partial charge in [-0.05, 0) is 19.1 Å². The Morgan fingerprint density at radius 2 is 2.18 bits per heavy atom. The van der Waals surface area contributed by atoms with Gasteiger partial charge in [-0.2, -0.15) is 0 Å². The molecule has 0 fully saturated rings. The summed E-state index contributed by atoms with van der Waals surface area (Å²) in [6.45, 7) is 2.91. The van der Waals surface area contributed by atoms with Crippen molar-refractivity contribution in [2.75, 3.05) is 11.9 Å². The van der Waals surface area contributed by atoms with E-state index >= 15 is 0 Å². The molecule has 90 valence electrons. The van der Waals surface area contributed by atoms with Crippen LogP contribution in [0.5, 0.6) is 0 Å². The summed E-state index contributed by atoms with van der Waals surface area (Å²) in [5, 5.41) is 14.0. The molecule has 1 aromatic heterocycles. The van der Waals surface area contributed by atoms with Crippen LogP contribution < -0.4 is 5.32 Å². The van der Waals surface area contributed by atoms with Gasteiger partial charge in [-0.25, -0.2) is 0 Å². The van der Waals surface area contributed by atoms with Crippen LogP contribution in [-0.2, 0) is 5.75 Å². The van der Waals surface area contributed by atoms with Crippen molar-refractivity contribution in [3.63, 3.8) is 0 Å². The van der Waals surface area contributed by atoms with Gasteiger partial charge in [0.1, 0.15) is 5.01 Å². The lowest BCUT2D eigenvalue weighted by Gasteiger charge is -2.00. The first-order valence-electron chi connectivity index (χ1n) is 5.23. The highest BCUT2D eigenvalue weighted by molar-refractivity contribution is 7.98. The molecule has 0 spiro atoms. The lowest BCUT2D eigenvalue weighted by Crippen LogP contribution is -1.94. The van der Waals surface area contributed by atoms with Crippen LogP contribution in [0.4, 0.5) is 5.13 Å². The minimum Gasteiger partial charge on any atom is -0.360 e. The highest BCUT2D eigenvalue weighted by atomic mass is 35.5. The van der Waals surface area contributed by atoms with Crippen molar-refractivity contribution < 1.29 is 0 Å². The molecule has 2 rings (SSSR count). The van der Waals surface area contributed by atoms with E-state index in [2.05, 4.69) is 15.5 Å². The first-order valence-corrected chi connectivity index (χ1v) is 7.41. The summed E-state index contributed by atoms with van der Waals surface area (Å²) in [5.74, 6) is 0.798. The average Bonchev–Trinajstić information content (AvgIpc) is 2.76. The average molecular weight is 286 g/mol. The third-order valence-electron chi connectivity index (χ3n) is 1.98. The number of halogens is 1. The molecule has 0 aliphatic rings. The third kappa shape index (κ3) is 3.59. The second kappa shape index (κ2) is 6.23.